The third-order valence-corrected chi connectivity index (χ3v) is 5.51. The maximum atomic E-state index is 12.4. The smallest absolute Gasteiger partial charge is 0.327 e. The number of carbonyl (C=O) groups excluding carboxylic acids is 1. The Labute approximate surface area is 117 Å². The van der Waals surface area contributed by atoms with Crippen molar-refractivity contribution in [1.29, 1.82) is 0 Å². The van der Waals surface area contributed by atoms with E-state index in [9.17, 15) is 14.7 Å². The number of hydrogen-bond donors (Lipinski definition) is 2. The summed E-state index contributed by atoms with van der Waals surface area (Å²) in [7, 11) is 0. The SMILES string of the molecule is CC1SCC(C(=O)O)N1C(=O)NC(C1CC1)C1CC1. The third-order valence-electron chi connectivity index (χ3n) is 4.29. The molecule has 3 aliphatic rings. The predicted molar refractivity (Wildman–Crippen MR) is 73.0 cm³/mol. The molecule has 0 spiro atoms. The van der Waals surface area contributed by atoms with Gasteiger partial charge in [-0.1, -0.05) is 0 Å². The van der Waals surface area contributed by atoms with Gasteiger partial charge < -0.3 is 10.4 Å². The topological polar surface area (TPSA) is 69.6 Å². The zero-order valence-corrected chi connectivity index (χ0v) is 11.9. The zero-order chi connectivity index (χ0) is 13.6. The highest BCUT2D eigenvalue weighted by Crippen LogP contribution is 2.44. The molecule has 6 heteroatoms. The van der Waals surface area contributed by atoms with Crippen molar-refractivity contribution in [3.63, 3.8) is 0 Å². The van der Waals surface area contributed by atoms with Crippen LogP contribution in [0.25, 0.3) is 0 Å². The second-order valence-corrected chi connectivity index (χ2v) is 7.19. The second kappa shape index (κ2) is 4.89. The molecule has 5 nitrogen and oxygen atoms in total. The summed E-state index contributed by atoms with van der Waals surface area (Å²) in [5, 5.41) is 12.2. The van der Waals surface area contributed by atoms with Gasteiger partial charge in [-0.3, -0.25) is 4.90 Å². The third kappa shape index (κ3) is 2.68. The lowest BCUT2D eigenvalue weighted by Gasteiger charge is -2.28. The Hall–Kier alpha value is -0.910. The fraction of sp³-hybridized carbons (Fsp3) is 0.846. The van der Waals surface area contributed by atoms with Crippen LogP contribution in [0.15, 0.2) is 0 Å². The number of carboxylic acids is 1. The van der Waals surface area contributed by atoms with Crippen molar-refractivity contribution in [3.05, 3.63) is 0 Å². The Bertz CT molecular complexity index is 383. The van der Waals surface area contributed by atoms with Crippen molar-refractivity contribution >= 4 is 23.8 Å². The summed E-state index contributed by atoms with van der Waals surface area (Å²) >= 11 is 1.53. The summed E-state index contributed by atoms with van der Waals surface area (Å²) in [6, 6.07) is -0.590. The molecule has 2 atom stereocenters. The molecule has 2 N–H and O–H groups in total. The Balaban J connectivity index is 1.66. The van der Waals surface area contributed by atoms with Gasteiger partial charge in [-0.05, 0) is 44.4 Å². The Kier molecular flexibility index (Phi) is 3.37. The Morgan fingerprint density at radius 1 is 1.26 bits per heavy atom. The molecule has 3 fully saturated rings. The molecule has 2 unspecified atom stereocenters. The molecule has 0 aromatic heterocycles. The van der Waals surface area contributed by atoms with E-state index in [1.165, 1.54) is 42.3 Å². The number of amides is 2. The predicted octanol–water partition coefficient (Wildman–Crippen LogP) is 1.73. The van der Waals surface area contributed by atoms with Crippen LogP contribution < -0.4 is 5.32 Å². The first-order chi connectivity index (χ1) is 9.08. The van der Waals surface area contributed by atoms with E-state index in [-0.39, 0.29) is 17.4 Å². The van der Waals surface area contributed by atoms with Crippen molar-refractivity contribution in [1.82, 2.24) is 10.2 Å². The van der Waals surface area contributed by atoms with Gasteiger partial charge in [0.15, 0.2) is 0 Å². The van der Waals surface area contributed by atoms with Gasteiger partial charge in [0.1, 0.15) is 6.04 Å². The largest absolute Gasteiger partial charge is 0.480 e. The normalized spacial score (nSPS) is 30.7. The number of nitrogens with one attached hydrogen (secondary N) is 1. The van der Waals surface area contributed by atoms with Crippen molar-refractivity contribution in [2.45, 2.75) is 50.1 Å². The zero-order valence-electron chi connectivity index (χ0n) is 11.0. The Morgan fingerprint density at radius 2 is 1.84 bits per heavy atom. The second-order valence-electron chi connectivity index (χ2n) is 5.84. The van der Waals surface area contributed by atoms with E-state index in [4.69, 9.17) is 0 Å². The molecule has 0 bridgehead atoms. The van der Waals surface area contributed by atoms with Crippen LogP contribution in [0.1, 0.15) is 32.6 Å². The number of hydrogen-bond acceptors (Lipinski definition) is 3. The van der Waals surface area contributed by atoms with E-state index in [0.29, 0.717) is 17.6 Å². The van der Waals surface area contributed by atoms with Crippen LogP contribution in [0.3, 0.4) is 0 Å². The summed E-state index contributed by atoms with van der Waals surface area (Å²) in [5.41, 5.74) is 0. The number of nitrogens with zero attached hydrogens (tertiary/aromatic N) is 1. The summed E-state index contributed by atoms with van der Waals surface area (Å²) in [4.78, 5) is 25.1. The molecule has 19 heavy (non-hydrogen) atoms. The number of rotatable bonds is 4. The van der Waals surface area contributed by atoms with Gasteiger partial charge in [0.2, 0.25) is 0 Å². The molecule has 1 aliphatic heterocycles. The molecular weight excluding hydrogens is 264 g/mol. The quantitative estimate of drug-likeness (QED) is 0.825. The van der Waals surface area contributed by atoms with Crippen LogP contribution in [0.5, 0.6) is 0 Å². The maximum absolute atomic E-state index is 12.4. The van der Waals surface area contributed by atoms with E-state index in [2.05, 4.69) is 5.32 Å². The molecule has 106 valence electrons. The van der Waals surface area contributed by atoms with Crippen molar-refractivity contribution < 1.29 is 14.7 Å². The number of urea groups is 1. The molecule has 1 saturated heterocycles. The van der Waals surface area contributed by atoms with Crippen LogP contribution in [0.2, 0.25) is 0 Å². The van der Waals surface area contributed by atoms with E-state index < -0.39 is 12.0 Å². The monoisotopic (exact) mass is 284 g/mol. The molecule has 2 amide bonds. The van der Waals surface area contributed by atoms with Crippen LogP contribution in [0.4, 0.5) is 4.79 Å². The van der Waals surface area contributed by atoms with E-state index in [1.54, 1.807) is 0 Å². The molecule has 0 radical (unpaired) electrons. The van der Waals surface area contributed by atoms with Gasteiger partial charge >= 0.3 is 12.0 Å². The van der Waals surface area contributed by atoms with Gasteiger partial charge in [-0.2, -0.15) is 0 Å². The molecule has 2 saturated carbocycles. The van der Waals surface area contributed by atoms with E-state index in [1.807, 2.05) is 6.92 Å². The lowest BCUT2D eigenvalue weighted by Crippen LogP contribution is -2.52. The van der Waals surface area contributed by atoms with Gasteiger partial charge in [0.25, 0.3) is 0 Å². The fourth-order valence-corrected chi connectivity index (χ4v) is 4.06. The van der Waals surface area contributed by atoms with Crippen LogP contribution in [0, 0.1) is 11.8 Å². The standard InChI is InChI=1S/C13H20N2O3S/c1-7-15(10(6-19-7)12(16)17)13(18)14-11(8-2-3-8)9-4-5-9/h7-11H,2-6H2,1H3,(H,14,18)(H,16,17). The highest BCUT2D eigenvalue weighted by Gasteiger charge is 2.45. The molecule has 0 aromatic rings. The van der Waals surface area contributed by atoms with Crippen molar-refractivity contribution in [2.75, 3.05) is 5.75 Å². The van der Waals surface area contributed by atoms with Crippen LogP contribution in [-0.4, -0.2) is 45.2 Å². The minimum absolute atomic E-state index is 0.0554. The highest BCUT2D eigenvalue weighted by atomic mass is 32.2. The maximum Gasteiger partial charge on any atom is 0.327 e. The van der Waals surface area contributed by atoms with Crippen molar-refractivity contribution in [3.8, 4) is 0 Å². The summed E-state index contributed by atoms with van der Waals surface area (Å²) in [5.74, 6) is 0.846. The summed E-state index contributed by atoms with van der Waals surface area (Å²) in [6.45, 7) is 1.90. The summed E-state index contributed by atoms with van der Waals surface area (Å²) < 4.78 is 0. The van der Waals surface area contributed by atoms with Crippen LogP contribution in [-0.2, 0) is 4.79 Å². The van der Waals surface area contributed by atoms with Gasteiger partial charge in [-0.25, -0.2) is 9.59 Å². The minimum atomic E-state index is -0.901. The Morgan fingerprint density at radius 3 is 2.32 bits per heavy atom. The van der Waals surface area contributed by atoms with Gasteiger partial charge in [0, 0.05) is 11.8 Å². The van der Waals surface area contributed by atoms with E-state index in [0.717, 1.165) is 0 Å². The number of carbonyl (C=O) groups is 2. The van der Waals surface area contributed by atoms with Gasteiger partial charge in [-0.15, -0.1) is 11.8 Å². The molecule has 3 rings (SSSR count). The van der Waals surface area contributed by atoms with E-state index >= 15 is 0 Å². The summed E-state index contributed by atoms with van der Waals surface area (Å²) in [6.07, 6.45) is 4.81. The minimum Gasteiger partial charge on any atom is -0.480 e. The molecular formula is C13H20N2O3S. The first-order valence-corrected chi connectivity index (χ1v) is 8.06. The van der Waals surface area contributed by atoms with Crippen LogP contribution >= 0.6 is 11.8 Å². The van der Waals surface area contributed by atoms with Crippen molar-refractivity contribution in [2.24, 2.45) is 11.8 Å². The fourth-order valence-electron chi connectivity index (χ4n) is 2.89. The average molecular weight is 284 g/mol. The first-order valence-electron chi connectivity index (χ1n) is 7.01. The molecule has 0 aromatic carbocycles. The molecule has 1 heterocycles. The lowest BCUT2D eigenvalue weighted by atomic mass is 10.1. The average Bonchev–Trinajstić information content (AvgIpc) is 3.23. The number of aliphatic carboxylic acids is 1. The lowest BCUT2D eigenvalue weighted by molar-refractivity contribution is -0.141. The molecule has 2 aliphatic carbocycles. The van der Waals surface area contributed by atoms with Gasteiger partial charge in [0.05, 0.1) is 5.37 Å². The number of thioether (sulfide) groups is 1. The first kappa shape index (κ1) is 13.1. The highest BCUT2D eigenvalue weighted by molar-refractivity contribution is 8.00. The number of carboxylic acid groups (broad SMARTS) is 1.